The highest BCUT2D eigenvalue weighted by Crippen LogP contribution is 2.08. The van der Waals surface area contributed by atoms with Gasteiger partial charge in [-0.1, -0.05) is 16.3 Å². The van der Waals surface area contributed by atoms with E-state index in [1.165, 1.54) is 9.78 Å². The number of quaternary nitrogens is 1. The van der Waals surface area contributed by atoms with E-state index in [1.54, 1.807) is 11.3 Å². The average Bonchev–Trinajstić information content (AvgIpc) is 2.64. The van der Waals surface area contributed by atoms with Gasteiger partial charge in [0.2, 0.25) is 5.84 Å². The lowest BCUT2D eigenvalue weighted by atomic mass is 10.4. The molecule has 0 saturated heterocycles. The summed E-state index contributed by atoms with van der Waals surface area (Å²) < 4.78 is 0. The molecule has 1 aliphatic heterocycles. The van der Waals surface area contributed by atoms with E-state index in [-0.39, 0.29) is 0 Å². The molecule has 0 bridgehead atoms. The van der Waals surface area contributed by atoms with Crippen LogP contribution in [0.25, 0.3) is 0 Å². The number of nitrogens with one attached hydrogen (secondary N) is 1. The van der Waals surface area contributed by atoms with E-state index >= 15 is 0 Å². The Hall–Kier alpha value is -1.00. The first-order chi connectivity index (χ1) is 5.79. The van der Waals surface area contributed by atoms with Crippen molar-refractivity contribution in [3.05, 3.63) is 22.4 Å². The smallest absolute Gasteiger partial charge is 0.240 e. The van der Waals surface area contributed by atoms with Crippen molar-refractivity contribution in [3.8, 4) is 0 Å². The Morgan fingerprint density at radius 3 is 2.75 bits per heavy atom. The molecule has 0 aromatic carbocycles. The number of amidine groups is 2. The first-order valence-electron chi connectivity index (χ1n) is 3.79. The highest BCUT2D eigenvalue weighted by atomic mass is 32.1. The van der Waals surface area contributed by atoms with E-state index in [0.717, 1.165) is 11.7 Å². The van der Waals surface area contributed by atoms with Crippen molar-refractivity contribution >= 4 is 23.0 Å². The Labute approximate surface area is 75.0 Å². The van der Waals surface area contributed by atoms with Crippen LogP contribution >= 0.6 is 11.3 Å². The van der Waals surface area contributed by atoms with E-state index in [2.05, 4.69) is 28.7 Å². The molecule has 12 heavy (non-hydrogen) atoms. The van der Waals surface area contributed by atoms with Gasteiger partial charge >= 0.3 is 0 Å². The van der Waals surface area contributed by atoms with E-state index < -0.39 is 0 Å². The van der Waals surface area contributed by atoms with Gasteiger partial charge in [-0.3, -0.25) is 0 Å². The number of nitrogens with zero attached hydrogens (tertiary/aromatic N) is 2. The number of thiophene rings is 1. The fourth-order valence-electron chi connectivity index (χ4n) is 1.09. The van der Waals surface area contributed by atoms with Crippen LogP contribution in [0, 0.1) is 0 Å². The third kappa shape index (κ3) is 1.09. The molecular weight excluding hydrogens is 170 g/mol. The van der Waals surface area contributed by atoms with Crippen molar-refractivity contribution in [1.82, 2.24) is 0 Å². The first-order valence-corrected chi connectivity index (χ1v) is 4.67. The van der Waals surface area contributed by atoms with Gasteiger partial charge in [0.15, 0.2) is 0 Å². The Morgan fingerprint density at radius 2 is 2.25 bits per heavy atom. The van der Waals surface area contributed by atoms with Gasteiger partial charge in [-0.05, 0) is 11.4 Å². The lowest BCUT2D eigenvalue weighted by Gasteiger charge is -2.04. The number of hydrogen-bond acceptors (Lipinski definition) is 3. The van der Waals surface area contributed by atoms with E-state index in [1.807, 2.05) is 13.0 Å². The molecule has 0 fully saturated rings. The summed E-state index contributed by atoms with van der Waals surface area (Å²) in [4.78, 5) is 2.39. The Kier molecular flexibility index (Phi) is 1.78. The standard InChI is InChI=1S/C8H9N3S/c1-6-9-10-8(11(6)2)7-4-3-5-12-7/h3-5H,1-2H3/p+1. The highest BCUT2D eigenvalue weighted by molar-refractivity contribution is 7.12. The molecule has 62 valence electrons. The van der Waals surface area contributed by atoms with Gasteiger partial charge in [-0.25, -0.2) is 4.90 Å². The van der Waals surface area contributed by atoms with Gasteiger partial charge in [0.1, 0.15) is 4.88 Å². The minimum Gasteiger partial charge on any atom is -0.240 e. The van der Waals surface area contributed by atoms with Crippen LogP contribution in [-0.4, -0.2) is 18.7 Å². The maximum atomic E-state index is 4.12. The number of hydrogen-bond donors (Lipinski definition) is 1. The lowest BCUT2D eigenvalue weighted by Crippen LogP contribution is -3.12. The fraction of sp³-hybridized carbons (Fsp3) is 0.250. The predicted molar refractivity (Wildman–Crippen MR) is 50.9 cm³/mol. The van der Waals surface area contributed by atoms with Crippen LogP contribution in [0.2, 0.25) is 0 Å². The average molecular weight is 180 g/mol. The molecule has 3 nitrogen and oxygen atoms in total. The predicted octanol–water partition coefficient (Wildman–Crippen LogP) is 0.356. The third-order valence-electron chi connectivity index (χ3n) is 1.95. The molecule has 0 radical (unpaired) electrons. The Bertz CT molecular complexity index is 337. The van der Waals surface area contributed by atoms with E-state index in [4.69, 9.17) is 0 Å². The van der Waals surface area contributed by atoms with E-state index in [0.29, 0.717) is 0 Å². The maximum Gasteiger partial charge on any atom is 0.268 e. The summed E-state index contributed by atoms with van der Waals surface area (Å²) in [6.45, 7) is 1.99. The van der Waals surface area contributed by atoms with Crippen molar-refractivity contribution in [2.45, 2.75) is 6.92 Å². The Morgan fingerprint density at radius 1 is 1.42 bits per heavy atom. The normalized spacial score (nSPS) is 22.3. The van der Waals surface area contributed by atoms with Crippen LogP contribution in [0.5, 0.6) is 0 Å². The van der Waals surface area contributed by atoms with Crippen molar-refractivity contribution < 1.29 is 4.90 Å². The van der Waals surface area contributed by atoms with Crippen LogP contribution in [-0.2, 0) is 0 Å². The zero-order valence-electron chi connectivity index (χ0n) is 7.03. The summed E-state index contributed by atoms with van der Waals surface area (Å²) in [5.41, 5.74) is 0. The van der Waals surface area contributed by atoms with Gasteiger partial charge in [0.25, 0.3) is 5.84 Å². The molecule has 1 aromatic heterocycles. The zero-order chi connectivity index (χ0) is 8.55. The van der Waals surface area contributed by atoms with E-state index in [9.17, 15) is 0 Å². The molecule has 0 spiro atoms. The molecule has 4 heteroatoms. The summed E-state index contributed by atoms with van der Waals surface area (Å²) in [7, 11) is 2.06. The van der Waals surface area contributed by atoms with Gasteiger partial charge in [-0.2, -0.15) is 0 Å². The second-order valence-electron chi connectivity index (χ2n) is 2.74. The second-order valence-corrected chi connectivity index (χ2v) is 3.68. The van der Waals surface area contributed by atoms with Crippen molar-refractivity contribution in [1.29, 1.82) is 0 Å². The fourth-order valence-corrected chi connectivity index (χ4v) is 1.86. The summed E-state index contributed by atoms with van der Waals surface area (Å²) in [5, 5.41) is 10.2. The summed E-state index contributed by atoms with van der Waals surface area (Å²) in [6.07, 6.45) is 0. The Balaban J connectivity index is 2.31. The molecule has 2 heterocycles. The molecule has 0 amide bonds. The van der Waals surface area contributed by atoms with Crippen LogP contribution < -0.4 is 4.90 Å². The summed E-state index contributed by atoms with van der Waals surface area (Å²) in [6, 6.07) is 4.10. The third-order valence-corrected chi connectivity index (χ3v) is 2.83. The molecule has 0 saturated carbocycles. The van der Waals surface area contributed by atoms with Gasteiger partial charge in [0.05, 0.1) is 7.05 Å². The molecule has 1 N–H and O–H groups in total. The summed E-state index contributed by atoms with van der Waals surface area (Å²) in [5.74, 6) is 2.06. The van der Waals surface area contributed by atoms with Gasteiger partial charge in [0, 0.05) is 6.92 Å². The van der Waals surface area contributed by atoms with Gasteiger partial charge < -0.3 is 0 Å². The molecule has 1 unspecified atom stereocenters. The summed E-state index contributed by atoms with van der Waals surface area (Å²) >= 11 is 1.70. The van der Waals surface area contributed by atoms with Crippen LogP contribution in [0.3, 0.4) is 0 Å². The van der Waals surface area contributed by atoms with Crippen LogP contribution in [0.15, 0.2) is 27.7 Å². The molecule has 1 atom stereocenters. The highest BCUT2D eigenvalue weighted by Gasteiger charge is 2.23. The molecule has 1 aliphatic rings. The zero-order valence-corrected chi connectivity index (χ0v) is 7.85. The molecular formula is C8H10N3S+. The van der Waals surface area contributed by atoms with Crippen LogP contribution in [0.4, 0.5) is 0 Å². The topological polar surface area (TPSA) is 29.2 Å². The largest absolute Gasteiger partial charge is 0.268 e. The monoisotopic (exact) mass is 180 g/mol. The molecule has 1 aromatic rings. The number of rotatable bonds is 1. The minimum absolute atomic E-state index is 1.03. The minimum atomic E-state index is 1.03. The maximum absolute atomic E-state index is 4.12. The SMILES string of the molecule is CC1=NN=C(c2cccs2)[NH+]1C. The lowest BCUT2D eigenvalue weighted by molar-refractivity contribution is -0.671. The van der Waals surface area contributed by atoms with Crippen molar-refractivity contribution in [2.24, 2.45) is 10.2 Å². The molecule has 0 aliphatic carbocycles. The first kappa shape index (κ1) is 7.64. The second kappa shape index (κ2) is 2.80. The van der Waals surface area contributed by atoms with Gasteiger partial charge in [-0.15, -0.1) is 11.3 Å². The molecule has 2 rings (SSSR count). The van der Waals surface area contributed by atoms with Crippen LogP contribution in [0.1, 0.15) is 11.8 Å². The quantitative estimate of drug-likeness (QED) is 0.646. The van der Waals surface area contributed by atoms with Crippen molar-refractivity contribution in [3.63, 3.8) is 0 Å². The van der Waals surface area contributed by atoms with Crippen molar-refractivity contribution in [2.75, 3.05) is 7.05 Å².